The van der Waals surface area contributed by atoms with E-state index in [0.717, 1.165) is 12.1 Å². The number of amides is 1. The summed E-state index contributed by atoms with van der Waals surface area (Å²) in [6.45, 7) is 3.62. The van der Waals surface area contributed by atoms with Crippen LogP contribution in [-0.2, 0) is 22.3 Å². The Morgan fingerprint density at radius 2 is 1.85 bits per heavy atom. The van der Waals surface area contributed by atoms with E-state index in [9.17, 15) is 18.0 Å². The molecule has 0 atom stereocenters. The topological polar surface area (TPSA) is 66.0 Å². The molecule has 0 bridgehead atoms. The second-order valence-electron chi connectivity index (χ2n) is 5.56. The number of alkyl halides is 3. The van der Waals surface area contributed by atoms with Crippen LogP contribution >= 0.6 is 24.0 Å². The lowest BCUT2D eigenvalue weighted by Gasteiger charge is -2.22. The van der Waals surface area contributed by atoms with Gasteiger partial charge in [-0.1, -0.05) is 12.1 Å². The van der Waals surface area contributed by atoms with E-state index in [1.165, 1.54) is 12.1 Å². The summed E-state index contributed by atoms with van der Waals surface area (Å²) in [6.07, 6.45) is -4.35. The largest absolute Gasteiger partial charge is 0.416 e. The Morgan fingerprint density at radius 3 is 2.37 bits per heavy atom. The van der Waals surface area contributed by atoms with Crippen LogP contribution in [-0.4, -0.2) is 57.2 Å². The number of aliphatic imine (C=N–C) groups is 1. The third-order valence-corrected chi connectivity index (χ3v) is 3.40. The number of hydrogen-bond acceptors (Lipinski definition) is 3. The molecule has 0 spiro atoms. The molecule has 0 aliphatic carbocycles. The van der Waals surface area contributed by atoms with E-state index in [2.05, 4.69) is 15.6 Å². The lowest BCUT2D eigenvalue weighted by Crippen LogP contribution is -2.39. The normalized spacial score (nSPS) is 11.6. The molecule has 0 radical (unpaired) electrons. The van der Waals surface area contributed by atoms with Crippen LogP contribution in [0.25, 0.3) is 0 Å². The molecule has 1 amide bonds. The molecule has 0 aliphatic rings. The van der Waals surface area contributed by atoms with E-state index < -0.39 is 11.7 Å². The number of nitrogens with zero attached hydrogens (tertiary/aromatic N) is 2. The van der Waals surface area contributed by atoms with E-state index in [-0.39, 0.29) is 36.4 Å². The molecule has 1 aromatic rings. The molecule has 0 aliphatic heterocycles. The fourth-order valence-electron chi connectivity index (χ4n) is 2.11. The van der Waals surface area contributed by atoms with Crippen LogP contribution < -0.4 is 10.6 Å². The minimum Gasteiger partial charge on any atom is -0.383 e. The van der Waals surface area contributed by atoms with Crippen molar-refractivity contribution < 1.29 is 22.7 Å². The smallest absolute Gasteiger partial charge is 0.383 e. The Morgan fingerprint density at radius 1 is 1.22 bits per heavy atom. The maximum Gasteiger partial charge on any atom is 0.416 e. The molecule has 2 N–H and O–H groups in total. The average Bonchev–Trinajstić information content (AvgIpc) is 2.58. The molecular weight excluding hydrogens is 476 g/mol. The van der Waals surface area contributed by atoms with Crippen molar-refractivity contribution in [3.63, 3.8) is 0 Å². The number of nitrogens with one attached hydrogen (secondary N) is 2. The highest BCUT2D eigenvalue weighted by atomic mass is 127. The molecule has 0 saturated carbocycles. The highest BCUT2D eigenvalue weighted by Crippen LogP contribution is 2.29. The Balaban J connectivity index is 0.00000676. The quantitative estimate of drug-likeness (QED) is 0.248. The van der Waals surface area contributed by atoms with Gasteiger partial charge in [-0.2, -0.15) is 13.2 Å². The summed E-state index contributed by atoms with van der Waals surface area (Å²) in [6, 6.07) is 4.97. The summed E-state index contributed by atoms with van der Waals surface area (Å²) in [5.41, 5.74) is 0.0212. The first-order chi connectivity index (χ1) is 12.3. The van der Waals surface area contributed by atoms with Crippen molar-refractivity contribution in [1.29, 1.82) is 0 Å². The molecule has 1 aromatic carbocycles. The number of methoxy groups -OCH3 is 1. The summed E-state index contributed by atoms with van der Waals surface area (Å²) in [4.78, 5) is 17.7. The lowest BCUT2D eigenvalue weighted by molar-refractivity contribution is -0.137. The molecule has 0 heterocycles. The summed E-state index contributed by atoms with van der Waals surface area (Å²) in [5, 5.41) is 5.72. The molecular formula is C17H26F3IN4O2. The lowest BCUT2D eigenvalue weighted by atomic mass is 10.1. The summed E-state index contributed by atoms with van der Waals surface area (Å²) < 4.78 is 42.7. The fraction of sp³-hybridized carbons (Fsp3) is 0.529. The summed E-state index contributed by atoms with van der Waals surface area (Å²) >= 11 is 0. The van der Waals surface area contributed by atoms with Gasteiger partial charge in [0.2, 0.25) is 5.91 Å². The third kappa shape index (κ3) is 9.80. The second-order valence-corrected chi connectivity index (χ2v) is 5.56. The number of benzene rings is 1. The van der Waals surface area contributed by atoms with Gasteiger partial charge in [0.05, 0.1) is 12.2 Å². The fourth-order valence-corrected chi connectivity index (χ4v) is 2.11. The molecule has 0 fully saturated rings. The van der Waals surface area contributed by atoms with Crippen molar-refractivity contribution in [2.24, 2.45) is 4.99 Å². The predicted molar refractivity (Wildman–Crippen MR) is 109 cm³/mol. The standard InChI is InChI=1S/C17H25F3N4O2.HI/c1-4-21-16(23-11-15(25)22-9-10-26-3)24(2)12-13-5-7-14(8-6-13)17(18,19)20;/h5-8H,4,9-12H2,1-3H3,(H,21,23)(H,22,25);1H. The Hall–Kier alpha value is -1.56. The van der Waals surface area contributed by atoms with Gasteiger partial charge in [-0.3, -0.25) is 4.79 Å². The first-order valence-electron chi connectivity index (χ1n) is 8.19. The minimum absolute atomic E-state index is 0. The monoisotopic (exact) mass is 502 g/mol. The molecule has 6 nitrogen and oxygen atoms in total. The number of rotatable bonds is 8. The van der Waals surface area contributed by atoms with Gasteiger partial charge in [-0.05, 0) is 24.6 Å². The van der Waals surface area contributed by atoms with Crippen LogP contribution in [0.4, 0.5) is 13.2 Å². The number of ether oxygens (including phenoxy) is 1. The maximum atomic E-state index is 12.6. The van der Waals surface area contributed by atoms with Crippen LogP contribution in [0.3, 0.4) is 0 Å². The van der Waals surface area contributed by atoms with Gasteiger partial charge in [0, 0.05) is 33.8 Å². The second kappa shape index (κ2) is 12.8. The van der Waals surface area contributed by atoms with Gasteiger partial charge in [-0.15, -0.1) is 24.0 Å². The molecule has 154 valence electrons. The molecule has 1 rings (SSSR count). The van der Waals surface area contributed by atoms with Crippen molar-refractivity contribution in [2.45, 2.75) is 19.6 Å². The van der Waals surface area contributed by atoms with E-state index in [4.69, 9.17) is 4.74 Å². The third-order valence-electron chi connectivity index (χ3n) is 3.40. The van der Waals surface area contributed by atoms with Crippen molar-refractivity contribution in [3.05, 3.63) is 35.4 Å². The maximum absolute atomic E-state index is 12.6. The van der Waals surface area contributed by atoms with Crippen LogP contribution in [0.5, 0.6) is 0 Å². The number of carbonyl (C=O) groups excluding carboxylic acids is 1. The minimum atomic E-state index is -4.35. The zero-order chi connectivity index (χ0) is 19.6. The first kappa shape index (κ1) is 25.4. The van der Waals surface area contributed by atoms with E-state index in [1.807, 2.05) is 6.92 Å². The Kier molecular flexibility index (Phi) is 12.0. The highest BCUT2D eigenvalue weighted by Gasteiger charge is 2.29. The summed E-state index contributed by atoms with van der Waals surface area (Å²) in [7, 11) is 3.30. The Bertz CT molecular complexity index is 595. The van der Waals surface area contributed by atoms with Gasteiger partial charge in [0.1, 0.15) is 6.54 Å². The van der Waals surface area contributed by atoms with Crippen LogP contribution in [0.2, 0.25) is 0 Å². The van der Waals surface area contributed by atoms with Gasteiger partial charge >= 0.3 is 6.18 Å². The van der Waals surface area contributed by atoms with Crippen molar-refractivity contribution in [1.82, 2.24) is 15.5 Å². The van der Waals surface area contributed by atoms with Gasteiger partial charge in [-0.25, -0.2) is 4.99 Å². The zero-order valence-corrected chi connectivity index (χ0v) is 17.9. The summed E-state index contributed by atoms with van der Waals surface area (Å²) in [5.74, 6) is 0.259. The van der Waals surface area contributed by atoms with Gasteiger partial charge in [0.15, 0.2) is 5.96 Å². The van der Waals surface area contributed by atoms with E-state index >= 15 is 0 Å². The number of carbonyl (C=O) groups is 1. The van der Waals surface area contributed by atoms with Crippen LogP contribution in [0.15, 0.2) is 29.3 Å². The van der Waals surface area contributed by atoms with Crippen LogP contribution in [0.1, 0.15) is 18.1 Å². The first-order valence-corrected chi connectivity index (χ1v) is 8.19. The highest BCUT2D eigenvalue weighted by molar-refractivity contribution is 14.0. The van der Waals surface area contributed by atoms with Gasteiger partial charge in [0.25, 0.3) is 0 Å². The SMILES string of the molecule is CCNC(=NCC(=O)NCCOC)N(C)Cc1ccc(C(F)(F)F)cc1.I. The van der Waals surface area contributed by atoms with E-state index in [0.29, 0.717) is 37.8 Å². The predicted octanol–water partition coefficient (Wildman–Crippen LogP) is 2.48. The number of guanidine groups is 1. The average molecular weight is 502 g/mol. The molecule has 0 unspecified atom stereocenters. The molecule has 10 heteroatoms. The molecule has 0 aromatic heterocycles. The van der Waals surface area contributed by atoms with Crippen LogP contribution in [0, 0.1) is 0 Å². The molecule has 0 saturated heterocycles. The number of hydrogen-bond donors (Lipinski definition) is 2. The van der Waals surface area contributed by atoms with E-state index in [1.54, 1.807) is 19.1 Å². The number of halogens is 4. The zero-order valence-electron chi connectivity index (χ0n) is 15.6. The molecule has 27 heavy (non-hydrogen) atoms. The van der Waals surface area contributed by atoms with Crippen molar-refractivity contribution in [3.8, 4) is 0 Å². The van der Waals surface area contributed by atoms with Gasteiger partial charge < -0.3 is 20.3 Å². The Labute approximate surface area is 174 Å². The van der Waals surface area contributed by atoms with Crippen molar-refractivity contribution in [2.75, 3.05) is 40.4 Å². The van der Waals surface area contributed by atoms with Crippen molar-refractivity contribution >= 4 is 35.8 Å².